The Morgan fingerprint density at radius 2 is 1.92 bits per heavy atom. The van der Waals surface area contributed by atoms with Crippen LogP contribution in [0.15, 0.2) is 47.3 Å². The van der Waals surface area contributed by atoms with E-state index in [1.165, 1.54) is 4.57 Å². The minimum Gasteiger partial charge on any atom is -0.506 e. The molecule has 6 nitrogen and oxygen atoms in total. The second kappa shape index (κ2) is 6.38. The fourth-order valence-electron chi connectivity index (χ4n) is 3.43. The van der Waals surface area contributed by atoms with Crippen molar-refractivity contribution in [1.82, 2.24) is 4.57 Å². The molecule has 1 aliphatic heterocycles. The van der Waals surface area contributed by atoms with Crippen LogP contribution in [0.3, 0.4) is 0 Å². The highest BCUT2D eigenvalue weighted by Gasteiger charge is 2.30. The Kier molecular flexibility index (Phi) is 4.38. The topological polar surface area (TPSA) is 88.6 Å². The zero-order valence-corrected chi connectivity index (χ0v) is 14.9. The number of fused-ring (bicyclic) bond motifs is 2. The lowest BCUT2D eigenvalue weighted by Crippen LogP contribution is -2.35. The maximum atomic E-state index is 13.1. The summed E-state index contributed by atoms with van der Waals surface area (Å²) in [6.45, 7) is 0.482. The average Bonchev–Trinajstić information content (AvgIpc) is 3.04. The van der Waals surface area contributed by atoms with Gasteiger partial charge in [0, 0.05) is 30.4 Å². The van der Waals surface area contributed by atoms with Gasteiger partial charge in [-0.15, -0.1) is 12.4 Å². The maximum Gasteiger partial charge on any atom is 0.267 e. The molecule has 0 saturated heterocycles. The summed E-state index contributed by atoms with van der Waals surface area (Å²) in [7, 11) is 1.58. The van der Waals surface area contributed by atoms with Crippen LogP contribution >= 0.6 is 12.4 Å². The molecule has 0 aliphatic carbocycles. The Balaban J connectivity index is 0.00000196. The minimum absolute atomic E-state index is 0. The second-order valence-electron chi connectivity index (χ2n) is 6.20. The first-order chi connectivity index (χ1) is 12.0. The maximum absolute atomic E-state index is 13.1. The van der Waals surface area contributed by atoms with Crippen LogP contribution in [-0.2, 0) is 13.5 Å². The number of carbonyl (C=O) groups excluding carboxylic acids is 1. The SMILES string of the molecule is Cl.Cn1c(=O)c(C(=O)N2CCc3ccccc32)c(O)c2cc(N)ccc21. The Morgan fingerprint density at radius 1 is 1.19 bits per heavy atom. The van der Waals surface area contributed by atoms with Crippen LogP contribution in [0, 0.1) is 0 Å². The van der Waals surface area contributed by atoms with Crippen LogP contribution in [0.25, 0.3) is 10.9 Å². The van der Waals surface area contributed by atoms with E-state index in [4.69, 9.17) is 5.73 Å². The third-order valence-corrected chi connectivity index (χ3v) is 4.74. The number of pyridine rings is 1. The normalized spacial score (nSPS) is 12.7. The van der Waals surface area contributed by atoms with Crippen molar-refractivity contribution in [3.63, 3.8) is 0 Å². The van der Waals surface area contributed by atoms with E-state index in [-0.39, 0.29) is 23.7 Å². The molecule has 3 aromatic rings. The number of nitrogen functional groups attached to an aromatic ring is 1. The number of para-hydroxylation sites is 1. The van der Waals surface area contributed by atoms with E-state index in [2.05, 4.69) is 0 Å². The van der Waals surface area contributed by atoms with Crippen LogP contribution in [-0.4, -0.2) is 22.1 Å². The molecule has 1 aromatic heterocycles. The van der Waals surface area contributed by atoms with Crippen molar-refractivity contribution < 1.29 is 9.90 Å². The lowest BCUT2D eigenvalue weighted by atomic mass is 10.1. The molecule has 0 unspecified atom stereocenters. The second-order valence-corrected chi connectivity index (χ2v) is 6.20. The smallest absolute Gasteiger partial charge is 0.267 e. The molecule has 26 heavy (non-hydrogen) atoms. The molecule has 0 bridgehead atoms. The molecule has 2 heterocycles. The molecule has 3 N–H and O–H groups in total. The summed E-state index contributed by atoms with van der Waals surface area (Å²) >= 11 is 0. The lowest BCUT2D eigenvalue weighted by Gasteiger charge is -2.19. The van der Waals surface area contributed by atoms with Crippen LogP contribution in [0.4, 0.5) is 11.4 Å². The van der Waals surface area contributed by atoms with E-state index in [1.54, 1.807) is 30.1 Å². The minimum atomic E-state index is -0.524. The van der Waals surface area contributed by atoms with Gasteiger partial charge in [-0.3, -0.25) is 9.59 Å². The molecule has 0 radical (unpaired) electrons. The van der Waals surface area contributed by atoms with Crippen molar-refractivity contribution in [2.45, 2.75) is 6.42 Å². The van der Waals surface area contributed by atoms with Gasteiger partial charge in [0.2, 0.25) is 0 Å². The first-order valence-electron chi connectivity index (χ1n) is 8.00. The summed E-state index contributed by atoms with van der Waals surface area (Å²) in [5.74, 6) is -0.813. The summed E-state index contributed by atoms with van der Waals surface area (Å²) in [5.41, 5.74) is 7.86. The molecular formula is C19H18ClN3O3. The van der Waals surface area contributed by atoms with E-state index >= 15 is 0 Å². The fourth-order valence-corrected chi connectivity index (χ4v) is 3.43. The number of rotatable bonds is 1. The molecule has 0 atom stereocenters. The number of halogens is 1. The number of anilines is 2. The van der Waals surface area contributed by atoms with Crippen LogP contribution in [0.1, 0.15) is 15.9 Å². The highest BCUT2D eigenvalue weighted by Crippen LogP contribution is 2.32. The fraction of sp³-hybridized carbons (Fsp3) is 0.158. The Hall–Kier alpha value is -2.99. The van der Waals surface area contributed by atoms with Crippen molar-refractivity contribution in [2.24, 2.45) is 7.05 Å². The van der Waals surface area contributed by atoms with Gasteiger partial charge in [-0.1, -0.05) is 18.2 Å². The molecule has 0 fully saturated rings. The molecule has 134 valence electrons. The van der Waals surface area contributed by atoms with Gasteiger partial charge in [0.05, 0.1) is 5.52 Å². The quantitative estimate of drug-likeness (QED) is 0.643. The van der Waals surface area contributed by atoms with Gasteiger partial charge >= 0.3 is 0 Å². The van der Waals surface area contributed by atoms with Crippen molar-refractivity contribution in [3.8, 4) is 5.75 Å². The number of carbonyl (C=O) groups is 1. The molecule has 1 amide bonds. The van der Waals surface area contributed by atoms with Gasteiger partial charge in [0.25, 0.3) is 11.5 Å². The average molecular weight is 372 g/mol. The number of amides is 1. The monoisotopic (exact) mass is 371 g/mol. The number of aryl methyl sites for hydroxylation is 1. The van der Waals surface area contributed by atoms with Crippen LogP contribution in [0.2, 0.25) is 0 Å². The van der Waals surface area contributed by atoms with Crippen LogP contribution < -0.4 is 16.2 Å². The summed E-state index contributed by atoms with van der Waals surface area (Å²) in [5, 5.41) is 11.0. The van der Waals surface area contributed by atoms with Crippen molar-refractivity contribution >= 4 is 40.6 Å². The lowest BCUT2D eigenvalue weighted by molar-refractivity contribution is 0.0985. The molecule has 0 spiro atoms. The van der Waals surface area contributed by atoms with Crippen LogP contribution in [0.5, 0.6) is 5.75 Å². The standard InChI is InChI=1S/C19H17N3O3.ClH/c1-21-15-7-6-12(20)10-13(15)17(23)16(18(21)24)19(25)22-9-8-11-4-2-3-5-14(11)22;/h2-7,10,23H,8-9,20H2,1H3;1H. The van der Waals surface area contributed by atoms with Crippen molar-refractivity contribution in [3.05, 3.63) is 63.9 Å². The third kappa shape index (κ3) is 2.50. The number of aromatic hydroxyl groups is 1. The Morgan fingerprint density at radius 3 is 2.69 bits per heavy atom. The molecule has 7 heteroatoms. The van der Waals surface area contributed by atoms with Gasteiger partial charge in [-0.05, 0) is 36.2 Å². The van der Waals surface area contributed by atoms with Gasteiger partial charge < -0.3 is 20.3 Å². The van der Waals surface area contributed by atoms with E-state index < -0.39 is 11.5 Å². The number of nitrogens with zero attached hydrogens (tertiary/aromatic N) is 2. The van der Waals surface area contributed by atoms with Gasteiger partial charge in [-0.2, -0.15) is 0 Å². The molecule has 1 aliphatic rings. The molecular weight excluding hydrogens is 354 g/mol. The van der Waals surface area contributed by atoms with E-state index in [9.17, 15) is 14.7 Å². The third-order valence-electron chi connectivity index (χ3n) is 4.74. The molecule has 4 rings (SSSR count). The number of hydrogen-bond donors (Lipinski definition) is 2. The Labute approximate surface area is 155 Å². The zero-order chi connectivity index (χ0) is 17.7. The molecule has 0 saturated carbocycles. The number of nitrogens with two attached hydrogens (primary N) is 1. The summed E-state index contributed by atoms with van der Waals surface area (Å²) < 4.78 is 1.36. The van der Waals surface area contributed by atoms with Crippen molar-refractivity contribution in [1.29, 1.82) is 0 Å². The summed E-state index contributed by atoms with van der Waals surface area (Å²) in [6, 6.07) is 12.5. The van der Waals surface area contributed by atoms with Gasteiger partial charge in [0.1, 0.15) is 11.3 Å². The predicted molar refractivity (Wildman–Crippen MR) is 104 cm³/mol. The first-order valence-corrected chi connectivity index (χ1v) is 8.00. The van der Waals surface area contributed by atoms with Gasteiger partial charge in [0.15, 0.2) is 0 Å². The number of aromatic nitrogens is 1. The summed E-state index contributed by atoms with van der Waals surface area (Å²) in [4.78, 5) is 27.3. The summed E-state index contributed by atoms with van der Waals surface area (Å²) in [6.07, 6.45) is 0.726. The highest BCUT2D eigenvalue weighted by atomic mass is 35.5. The van der Waals surface area contributed by atoms with E-state index in [0.29, 0.717) is 23.1 Å². The van der Waals surface area contributed by atoms with E-state index in [0.717, 1.165) is 17.7 Å². The zero-order valence-electron chi connectivity index (χ0n) is 14.1. The highest BCUT2D eigenvalue weighted by molar-refractivity contribution is 6.11. The first kappa shape index (κ1) is 17.8. The Bertz CT molecular complexity index is 1090. The van der Waals surface area contributed by atoms with E-state index in [1.807, 2.05) is 24.3 Å². The largest absolute Gasteiger partial charge is 0.506 e. The molecule has 2 aromatic carbocycles. The number of hydrogen-bond acceptors (Lipinski definition) is 4. The van der Waals surface area contributed by atoms with Crippen molar-refractivity contribution in [2.75, 3.05) is 17.2 Å². The van der Waals surface area contributed by atoms with Gasteiger partial charge in [-0.25, -0.2) is 0 Å². The predicted octanol–water partition coefficient (Wildman–Crippen LogP) is 2.45. The number of benzene rings is 2.